The number of fused-ring (bicyclic) bond motifs is 1. The number of ketones is 1. The molecule has 3 aromatic rings. The number of Topliss-reactive ketones (excluding diaryl/α,β-unsaturated/α-hetero) is 1. The van der Waals surface area contributed by atoms with E-state index in [9.17, 15) is 9.59 Å². The Hall–Kier alpha value is -3.37. The maximum atomic E-state index is 12.8. The van der Waals surface area contributed by atoms with Crippen LogP contribution in [-0.2, 0) is 0 Å². The Balaban J connectivity index is 1.63. The fourth-order valence-electron chi connectivity index (χ4n) is 3.24. The molecule has 0 saturated carbocycles. The van der Waals surface area contributed by atoms with Crippen LogP contribution in [0.5, 0.6) is 11.5 Å². The van der Waals surface area contributed by atoms with Gasteiger partial charge in [0, 0.05) is 6.07 Å². The first-order valence-electron chi connectivity index (χ1n) is 9.04. The van der Waals surface area contributed by atoms with Gasteiger partial charge < -0.3 is 9.47 Å². The minimum atomic E-state index is -0.574. The summed E-state index contributed by atoms with van der Waals surface area (Å²) < 4.78 is 11.2. The summed E-state index contributed by atoms with van der Waals surface area (Å²) in [6.07, 6.45) is 1.71. The summed E-state index contributed by atoms with van der Waals surface area (Å²) in [5.74, 6) is 0.132. The van der Waals surface area contributed by atoms with E-state index >= 15 is 0 Å². The largest absolute Gasteiger partial charge is 0.452 e. The number of hydrogen-bond donors (Lipinski definition) is 0. The molecule has 4 nitrogen and oxygen atoms in total. The number of aryl methyl sites for hydroxylation is 2. The molecule has 0 atom stereocenters. The van der Waals surface area contributed by atoms with Crippen LogP contribution in [0.4, 0.5) is 0 Å². The van der Waals surface area contributed by atoms with Crippen molar-refractivity contribution in [2.75, 3.05) is 0 Å². The standard InChI is InChI=1S/C24H17ClO4/c1-14-6-5-7-16(10-14)12-21-23(26)22-15(2)11-17(13-20(22)29-21)28-24(27)18-8-3-4-9-19(18)25/h3-13H,1-2H3/b21-12-. The van der Waals surface area contributed by atoms with Gasteiger partial charge in [-0.1, -0.05) is 53.6 Å². The highest BCUT2D eigenvalue weighted by atomic mass is 35.5. The summed E-state index contributed by atoms with van der Waals surface area (Å²) >= 11 is 6.06. The van der Waals surface area contributed by atoms with E-state index in [4.69, 9.17) is 21.1 Å². The van der Waals surface area contributed by atoms with Gasteiger partial charge in [-0.2, -0.15) is 0 Å². The van der Waals surface area contributed by atoms with Crippen LogP contribution in [0.1, 0.15) is 37.4 Å². The Labute approximate surface area is 173 Å². The maximum Gasteiger partial charge on any atom is 0.345 e. The Kier molecular flexibility index (Phi) is 4.95. The zero-order valence-electron chi connectivity index (χ0n) is 15.9. The minimum absolute atomic E-state index is 0.192. The van der Waals surface area contributed by atoms with E-state index in [-0.39, 0.29) is 22.9 Å². The molecule has 0 aliphatic carbocycles. The molecule has 0 N–H and O–H groups in total. The van der Waals surface area contributed by atoms with Gasteiger partial charge in [0.1, 0.15) is 11.5 Å². The number of rotatable bonds is 3. The van der Waals surface area contributed by atoms with E-state index < -0.39 is 5.97 Å². The summed E-state index contributed by atoms with van der Waals surface area (Å²) in [5.41, 5.74) is 3.38. The van der Waals surface area contributed by atoms with Crippen LogP contribution in [-0.4, -0.2) is 11.8 Å². The Morgan fingerprint density at radius 2 is 1.83 bits per heavy atom. The van der Waals surface area contributed by atoms with E-state index in [2.05, 4.69) is 0 Å². The van der Waals surface area contributed by atoms with Gasteiger partial charge in [-0.3, -0.25) is 4.79 Å². The average molecular weight is 405 g/mol. The number of carbonyl (C=O) groups excluding carboxylic acids is 2. The lowest BCUT2D eigenvalue weighted by Crippen LogP contribution is -2.09. The van der Waals surface area contributed by atoms with E-state index in [1.54, 1.807) is 49.4 Å². The molecule has 1 heterocycles. The smallest absolute Gasteiger partial charge is 0.345 e. The Morgan fingerprint density at radius 3 is 2.59 bits per heavy atom. The molecule has 0 bridgehead atoms. The molecule has 1 aliphatic heterocycles. The predicted octanol–water partition coefficient (Wildman–Crippen LogP) is 5.79. The van der Waals surface area contributed by atoms with Crippen molar-refractivity contribution in [1.82, 2.24) is 0 Å². The second-order valence-corrected chi connectivity index (χ2v) is 7.24. The number of hydrogen-bond acceptors (Lipinski definition) is 4. The molecule has 0 unspecified atom stereocenters. The van der Waals surface area contributed by atoms with Crippen LogP contribution >= 0.6 is 11.6 Å². The number of halogens is 1. The van der Waals surface area contributed by atoms with E-state index in [1.165, 1.54) is 0 Å². The highest BCUT2D eigenvalue weighted by Crippen LogP contribution is 2.38. The highest BCUT2D eigenvalue weighted by Gasteiger charge is 2.30. The lowest BCUT2D eigenvalue weighted by atomic mass is 10.0. The van der Waals surface area contributed by atoms with Gasteiger partial charge in [0.2, 0.25) is 5.78 Å². The number of benzene rings is 3. The average Bonchev–Trinajstić information content (AvgIpc) is 2.97. The fraction of sp³-hybridized carbons (Fsp3) is 0.0833. The second-order valence-electron chi connectivity index (χ2n) is 6.84. The van der Waals surface area contributed by atoms with Crippen molar-refractivity contribution in [3.63, 3.8) is 0 Å². The summed E-state index contributed by atoms with van der Waals surface area (Å²) in [7, 11) is 0. The number of carbonyl (C=O) groups is 2. The highest BCUT2D eigenvalue weighted by molar-refractivity contribution is 6.33. The third kappa shape index (κ3) is 3.80. The predicted molar refractivity (Wildman–Crippen MR) is 112 cm³/mol. The number of esters is 1. The first-order valence-corrected chi connectivity index (χ1v) is 9.42. The summed E-state index contributed by atoms with van der Waals surface area (Å²) in [6.45, 7) is 3.76. The quantitative estimate of drug-likeness (QED) is 0.315. The molecule has 29 heavy (non-hydrogen) atoms. The van der Waals surface area contributed by atoms with Gasteiger partial charge in [0.15, 0.2) is 5.76 Å². The van der Waals surface area contributed by atoms with Crippen LogP contribution in [0.15, 0.2) is 66.4 Å². The van der Waals surface area contributed by atoms with Crippen molar-refractivity contribution in [3.05, 3.63) is 99.3 Å². The molecule has 0 amide bonds. The normalized spacial score (nSPS) is 13.9. The number of ether oxygens (including phenoxy) is 2. The fourth-order valence-corrected chi connectivity index (χ4v) is 3.45. The second kappa shape index (κ2) is 7.57. The molecule has 0 aromatic heterocycles. The van der Waals surface area contributed by atoms with Crippen molar-refractivity contribution < 1.29 is 19.1 Å². The molecule has 3 aromatic carbocycles. The van der Waals surface area contributed by atoms with Crippen LogP contribution in [0.25, 0.3) is 6.08 Å². The molecule has 0 spiro atoms. The van der Waals surface area contributed by atoms with Crippen LogP contribution in [0.3, 0.4) is 0 Å². The zero-order chi connectivity index (χ0) is 20.5. The first-order chi connectivity index (χ1) is 13.9. The van der Waals surface area contributed by atoms with Gasteiger partial charge in [-0.25, -0.2) is 4.79 Å². The van der Waals surface area contributed by atoms with Crippen LogP contribution < -0.4 is 9.47 Å². The lowest BCUT2D eigenvalue weighted by Gasteiger charge is -2.08. The van der Waals surface area contributed by atoms with E-state index in [0.29, 0.717) is 21.9 Å². The van der Waals surface area contributed by atoms with E-state index in [1.807, 2.05) is 31.2 Å². The van der Waals surface area contributed by atoms with Crippen molar-refractivity contribution in [2.45, 2.75) is 13.8 Å². The van der Waals surface area contributed by atoms with Gasteiger partial charge in [-0.15, -0.1) is 0 Å². The molecular weight excluding hydrogens is 388 g/mol. The maximum absolute atomic E-state index is 12.8. The van der Waals surface area contributed by atoms with Crippen molar-refractivity contribution in [3.8, 4) is 11.5 Å². The Bertz CT molecular complexity index is 1180. The molecule has 1 aliphatic rings. The molecule has 0 fully saturated rings. The zero-order valence-corrected chi connectivity index (χ0v) is 16.6. The topological polar surface area (TPSA) is 52.6 Å². The van der Waals surface area contributed by atoms with Crippen LogP contribution in [0, 0.1) is 13.8 Å². The molecular formula is C24H17ClO4. The van der Waals surface area contributed by atoms with Crippen LogP contribution in [0.2, 0.25) is 5.02 Å². The third-order valence-corrected chi connectivity index (χ3v) is 4.92. The van der Waals surface area contributed by atoms with Crippen molar-refractivity contribution in [1.29, 1.82) is 0 Å². The Morgan fingerprint density at radius 1 is 1.03 bits per heavy atom. The molecule has 4 rings (SSSR count). The molecule has 144 valence electrons. The lowest BCUT2D eigenvalue weighted by molar-refractivity contribution is 0.0734. The minimum Gasteiger partial charge on any atom is -0.452 e. The van der Waals surface area contributed by atoms with Gasteiger partial charge >= 0.3 is 5.97 Å². The SMILES string of the molecule is Cc1cccc(/C=C2\Oc3cc(OC(=O)c4ccccc4Cl)cc(C)c3C2=O)c1. The number of allylic oxidation sites excluding steroid dienone is 1. The molecule has 0 radical (unpaired) electrons. The van der Waals surface area contributed by atoms with Gasteiger partial charge in [0.05, 0.1) is 16.1 Å². The summed E-state index contributed by atoms with van der Waals surface area (Å²) in [5, 5.41) is 0.310. The van der Waals surface area contributed by atoms with Crippen molar-refractivity contribution >= 4 is 29.4 Å². The van der Waals surface area contributed by atoms with Gasteiger partial charge in [0.25, 0.3) is 0 Å². The van der Waals surface area contributed by atoms with E-state index in [0.717, 1.165) is 11.1 Å². The molecule has 0 saturated heterocycles. The molecule has 5 heteroatoms. The summed E-state index contributed by atoms with van der Waals surface area (Å²) in [6, 6.07) is 17.6. The monoisotopic (exact) mass is 404 g/mol. The van der Waals surface area contributed by atoms with Crippen molar-refractivity contribution in [2.24, 2.45) is 0 Å². The first kappa shape index (κ1) is 19.0. The third-order valence-electron chi connectivity index (χ3n) is 4.59. The van der Waals surface area contributed by atoms with Gasteiger partial charge in [-0.05, 0) is 49.2 Å². The summed E-state index contributed by atoms with van der Waals surface area (Å²) in [4.78, 5) is 25.2.